The summed E-state index contributed by atoms with van der Waals surface area (Å²) in [5.41, 5.74) is 7.21. The quantitative estimate of drug-likeness (QED) is 0.789. The Hall–Kier alpha value is -1.18. The maximum absolute atomic E-state index is 12.4. The van der Waals surface area contributed by atoms with Gasteiger partial charge in [0.1, 0.15) is 11.0 Å². The van der Waals surface area contributed by atoms with Gasteiger partial charge in [0.25, 0.3) is 0 Å². The third-order valence-corrected chi connectivity index (χ3v) is 4.03. The van der Waals surface area contributed by atoms with Crippen LogP contribution in [-0.4, -0.2) is 48.1 Å². The number of nitrogens with two attached hydrogens (primary N) is 1. The van der Waals surface area contributed by atoms with Crippen LogP contribution in [0.1, 0.15) is 12.5 Å². The molecule has 1 aromatic rings. The Morgan fingerprint density at radius 2 is 2.14 bits per heavy atom. The molecule has 0 spiro atoms. The van der Waals surface area contributed by atoms with Crippen LogP contribution in [0.3, 0.4) is 0 Å². The van der Waals surface area contributed by atoms with Crippen molar-refractivity contribution in [2.75, 3.05) is 31.6 Å². The molecule has 21 heavy (non-hydrogen) atoms. The molecular formula is C14H18BrN3O2S. The highest BCUT2D eigenvalue weighted by atomic mass is 79.9. The number of nitrogens with one attached hydrogen (secondary N) is 1. The first kappa shape index (κ1) is 16.2. The fourth-order valence-corrected chi connectivity index (χ4v) is 2.74. The van der Waals surface area contributed by atoms with E-state index in [0.29, 0.717) is 31.3 Å². The van der Waals surface area contributed by atoms with Gasteiger partial charge < -0.3 is 20.7 Å². The Morgan fingerprint density at radius 1 is 1.48 bits per heavy atom. The van der Waals surface area contributed by atoms with Crippen molar-refractivity contribution < 1.29 is 9.53 Å². The molecule has 2 rings (SSSR count). The van der Waals surface area contributed by atoms with Gasteiger partial charge >= 0.3 is 0 Å². The van der Waals surface area contributed by atoms with Crippen molar-refractivity contribution in [1.29, 1.82) is 0 Å². The molecule has 0 aliphatic carbocycles. The number of rotatable bonds is 4. The molecule has 5 nitrogen and oxygen atoms in total. The van der Waals surface area contributed by atoms with Crippen LogP contribution in [0.5, 0.6) is 0 Å². The van der Waals surface area contributed by atoms with Crippen molar-refractivity contribution in [2.24, 2.45) is 5.73 Å². The number of amides is 1. The van der Waals surface area contributed by atoms with E-state index in [2.05, 4.69) is 21.2 Å². The van der Waals surface area contributed by atoms with Gasteiger partial charge in [0, 0.05) is 28.8 Å². The molecule has 0 bridgehead atoms. The highest BCUT2D eigenvalue weighted by Gasteiger charge is 2.23. The second kappa shape index (κ2) is 7.20. The number of halogens is 1. The second-order valence-electron chi connectivity index (χ2n) is 4.86. The molecule has 0 aromatic heterocycles. The summed E-state index contributed by atoms with van der Waals surface area (Å²) in [5, 5.41) is 3.20. The first-order valence-corrected chi connectivity index (χ1v) is 7.91. The van der Waals surface area contributed by atoms with Crippen molar-refractivity contribution in [3.05, 3.63) is 28.2 Å². The van der Waals surface area contributed by atoms with Crippen molar-refractivity contribution >= 4 is 44.7 Å². The number of hydrogen-bond donors (Lipinski definition) is 2. The van der Waals surface area contributed by atoms with Crippen LogP contribution < -0.4 is 11.1 Å². The van der Waals surface area contributed by atoms with Gasteiger partial charge in [-0.3, -0.25) is 4.79 Å². The van der Waals surface area contributed by atoms with Gasteiger partial charge in [0.15, 0.2) is 0 Å². The lowest BCUT2D eigenvalue weighted by atomic mass is 10.1. The van der Waals surface area contributed by atoms with E-state index < -0.39 is 0 Å². The first-order chi connectivity index (χ1) is 9.99. The normalized spacial score (nSPS) is 16.4. The van der Waals surface area contributed by atoms with Gasteiger partial charge in [-0.15, -0.1) is 0 Å². The van der Waals surface area contributed by atoms with Gasteiger partial charge in [0.2, 0.25) is 5.91 Å². The number of carbonyl (C=O) groups is 1. The van der Waals surface area contributed by atoms with E-state index in [4.69, 9.17) is 22.7 Å². The lowest BCUT2D eigenvalue weighted by molar-refractivity contribution is -0.135. The first-order valence-electron chi connectivity index (χ1n) is 6.71. The lowest BCUT2D eigenvalue weighted by Crippen LogP contribution is -2.47. The van der Waals surface area contributed by atoms with Crippen molar-refractivity contribution in [3.63, 3.8) is 0 Å². The second-order valence-corrected chi connectivity index (χ2v) is 6.21. The van der Waals surface area contributed by atoms with Crippen LogP contribution in [0, 0.1) is 0 Å². The zero-order valence-electron chi connectivity index (χ0n) is 11.8. The molecule has 0 radical (unpaired) electrons. The number of thiocarbonyl (C=S) groups is 1. The van der Waals surface area contributed by atoms with Crippen LogP contribution in [0.25, 0.3) is 0 Å². The zero-order chi connectivity index (χ0) is 15.4. The summed E-state index contributed by atoms with van der Waals surface area (Å²) < 4.78 is 6.16. The molecule has 1 fully saturated rings. The van der Waals surface area contributed by atoms with Crippen LogP contribution >= 0.6 is 28.1 Å². The van der Waals surface area contributed by atoms with Crippen molar-refractivity contribution in [1.82, 2.24) is 4.90 Å². The highest BCUT2D eigenvalue weighted by Crippen LogP contribution is 2.22. The summed E-state index contributed by atoms with van der Waals surface area (Å²) in [6.45, 7) is 4.28. The fraction of sp³-hybridized carbons (Fsp3) is 0.429. The average molecular weight is 372 g/mol. The van der Waals surface area contributed by atoms with E-state index in [1.165, 1.54) is 0 Å². The number of morpholine rings is 1. The Labute approximate surface area is 137 Å². The third-order valence-electron chi connectivity index (χ3n) is 3.31. The van der Waals surface area contributed by atoms with E-state index in [1.54, 1.807) is 4.90 Å². The van der Waals surface area contributed by atoms with E-state index >= 15 is 0 Å². The Kier molecular flexibility index (Phi) is 5.55. The van der Waals surface area contributed by atoms with E-state index in [9.17, 15) is 4.79 Å². The molecule has 3 N–H and O–H groups in total. The van der Waals surface area contributed by atoms with E-state index in [-0.39, 0.29) is 11.9 Å². The van der Waals surface area contributed by atoms with Gasteiger partial charge in [-0.1, -0.05) is 28.1 Å². The fourth-order valence-electron chi connectivity index (χ4n) is 2.20. The predicted molar refractivity (Wildman–Crippen MR) is 90.5 cm³/mol. The van der Waals surface area contributed by atoms with Gasteiger partial charge in [0.05, 0.1) is 13.2 Å². The minimum atomic E-state index is -0.356. The molecule has 1 heterocycles. The van der Waals surface area contributed by atoms with Crippen LogP contribution in [0.15, 0.2) is 22.7 Å². The van der Waals surface area contributed by atoms with Crippen LogP contribution in [0.2, 0.25) is 0 Å². The maximum atomic E-state index is 12.4. The monoisotopic (exact) mass is 371 g/mol. The summed E-state index contributed by atoms with van der Waals surface area (Å²) in [6.07, 6.45) is 0. The lowest BCUT2D eigenvalue weighted by Gasteiger charge is -2.30. The average Bonchev–Trinajstić information content (AvgIpc) is 2.47. The SMILES string of the molecule is CC(Nc1cc(Br)ccc1C(N)=S)C(=O)N1CCOCC1. The molecule has 1 amide bonds. The largest absolute Gasteiger partial charge is 0.389 e. The number of anilines is 1. The Balaban J connectivity index is 2.11. The number of benzene rings is 1. The molecule has 1 saturated heterocycles. The van der Waals surface area contributed by atoms with E-state index in [1.807, 2.05) is 25.1 Å². The van der Waals surface area contributed by atoms with Gasteiger partial charge in [-0.2, -0.15) is 0 Å². The topological polar surface area (TPSA) is 67.6 Å². The minimum Gasteiger partial charge on any atom is -0.389 e. The zero-order valence-corrected chi connectivity index (χ0v) is 14.2. The molecule has 1 aromatic carbocycles. The molecule has 1 unspecified atom stereocenters. The minimum absolute atomic E-state index is 0.0483. The van der Waals surface area contributed by atoms with Gasteiger partial charge in [-0.05, 0) is 25.1 Å². The predicted octanol–water partition coefficient (Wildman–Crippen LogP) is 1.74. The molecule has 114 valence electrons. The van der Waals surface area contributed by atoms with Crippen molar-refractivity contribution in [3.8, 4) is 0 Å². The summed E-state index contributed by atoms with van der Waals surface area (Å²) >= 11 is 8.46. The number of carbonyl (C=O) groups excluding carboxylic acids is 1. The van der Waals surface area contributed by atoms with Crippen LogP contribution in [0.4, 0.5) is 5.69 Å². The smallest absolute Gasteiger partial charge is 0.244 e. The summed E-state index contributed by atoms with van der Waals surface area (Å²) in [6, 6.07) is 5.22. The molecule has 1 aliphatic heterocycles. The number of nitrogens with zero attached hydrogens (tertiary/aromatic N) is 1. The van der Waals surface area contributed by atoms with E-state index in [0.717, 1.165) is 15.7 Å². The summed E-state index contributed by atoms with van der Waals surface area (Å²) in [5.74, 6) is 0.0483. The van der Waals surface area contributed by atoms with Crippen LogP contribution in [-0.2, 0) is 9.53 Å². The molecule has 1 aliphatic rings. The molecular weight excluding hydrogens is 354 g/mol. The maximum Gasteiger partial charge on any atom is 0.244 e. The van der Waals surface area contributed by atoms with Crippen molar-refractivity contribution in [2.45, 2.75) is 13.0 Å². The third kappa shape index (κ3) is 4.15. The molecule has 0 saturated carbocycles. The molecule has 7 heteroatoms. The number of hydrogen-bond acceptors (Lipinski definition) is 4. The Bertz CT molecular complexity index is 547. The number of ether oxygens (including phenoxy) is 1. The van der Waals surface area contributed by atoms with Gasteiger partial charge in [-0.25, -0.2) is 0 Å². The standard InChI is InChI=1S/C14H18BrN3O2S/c1-9(14(19)18-4-6-20-7-5-18)17-12-8-10(15)2-3-11(12)13(16)21/h2-3,8-9,17H,4-7H2,1H3,(H2,16,21). The highest BCUT2D eigenvalue weighted by molar-refractivity contribution is 9.10. The Morgan fingerprint density at radius 3 is 2.76 bits per heavy atom. The summed E-state index contributed by atoms with van der Waals surface area (Å²) in [7, 11) is 0. The summed E-state index contributed by atoms with van der Waals surface area (Å²) in [4.78, 5) is 14.5. The molecule has 1 atom stereocenters.